The van der Waals surface area contributed by atoms with Crippen LogP contribution < -0.4 is 16.0 Å². The van der Waals surface area contributed by atoms with Crippen molar-refractivity contribution in [3.8, 4) is 0 Å². The Hall–Kier alpha value is -1.90. The monoisotopic (exact) mass is 381 g/mol. The zero-order valence-electron chi connectivity index (χ0n) is 13.8. The van der Waals surface area contributed by atoms with Gasteiger partial charge in [-0.3, -0.25) is 0 Å². The number of halogens is 3. The molecule has 1 fully saturated rings. The fourth-order valence-corrected chi connectivity index (χ4v) is 4.09. The maximum Gasteiger partial charge on any atom is 0.416 e. The third-order valence-electron chi connectivity index (χ3n) is 4.33. The van der Waals surface area contributed by atoms with Gasteiger partial charge in [0.2, 0.25) is 0 Å². The molecule has 1 saturated heterocycles. The van der Waals surface area contributed by atoms with Crippen LogP contribution in [0, 0.1) is 0 Å². The van der Waals surface area contributed by atoms with Crippen LogP contribution >= 0.6 is 11.8 Å². The second-order valence-corrected chi connectivity index (χ2v) is 7.31. The lowest BCUT2D eigenvalue weighted by Crippen LogP contribution is -2.45. The quantitative estimate of drug-likeness (QED) is 0.631. The van der Waals surface area contributed by atoms with Crippen LogP contribution in [0.1, 0.15) is 5.56 Å². The van der Waals surface area contributed by atoms with E-state index < -0.39 is 11.7 Å². The Morgan fingerprint density at radius 3 is 2.81 bits per heavy atom. The molecule has 0 spiro atoms. The summed E-state index contributed by atoms with van der Waals surface area (Å²) in [5, 5.41) is 9.74. The highest BCUT2D eigenvalue weighted by atomic mass is 32.2. The molecule has 2 aliphatic heterocycles. The fourth-order valence-electron chi connectivity index (χ4n) is 3.02. The van der Waals surface area contributed by atoms with Gasteiger partial charge in [0.15, 0.2) is 0 Å². The Morgan fingerprint density at radius 1 is 1.19 bits per heavy atom. The van der Waals surface area contributed by atoms with Crippen LogP contribution in [-0.2, 0) is 10.9 Å². The molecular formula is C18H18F3N3OS. The first-order chi connectivity index (χ1) is 12.5. The molecule has 138 valence electrons. The van der Waals surface area contributed by atoms with Gasteiger partial charge < -0.3 is 20.7 Å². The van der Waals surface area contributed by atoms with Gasteiger partial charge in [-0.1, -0.05) is 23.9 Å². The van der Waals surface area contributed by atoms with Gasteiger partial charge in [-0.15, -0.1) is 0 Å². The molecule has 2 aromatic carbocycles. The van der Waals surface area contributed by atoms with E-state index in [9.17, 15) is 13.2 Å². The summed E-state index contributed by atoms with van der Waals surface area (Å²) in [4.78, 5) is 1.47. The number of ether oxygens (including phenoxy) is 1. The number of benzene rings is 2. The highest BCUT2D eigenvalue weighted by molar-refractivity contribution is 7.99. The van der Waals surface area contributed by atoms with Crippen molar-refractivity contribution in [2.45, 2.75) is 22.0 Å². The van der Waals surface area contributed by atoms with Gasteiger partial charge in [0, 0.05) is 28.9 Å². The third kappa shape index (κ3) is 3.62. The number of alkyl halides is 3. The normalized spacial score (nSPS) is 19.3. The third-order valence-corrected chi connectivity index (χ3v) is 5.45. The van der Waals surface area contributed by atoms with E-state index in [4.69, 9.17) is 4.74 Å². The molecule has 2 aromatic rings. The summed E-state index contributed by atoms with van der Waals surface area (Å²) in [6.07, 6.45) is -4.39. The molecule has 0 aliphatic carbocycles. The van der Waals surface area contributed by atoms with E-state index in [0.29, 0.717) is 36.0 Å². The summed E-state index contributed by atoms with van der Waals surface area (Å²) >= 11 is 1.35. The Balaban J connectivity index is 1.65. The molecule has 8 heteroatoms. The summed E-state index contributed by atoms with van der Waals surface area (Å²) in [6.45, 7) is 2.43. The number of hydrogen-bond acceptors (Lipinski definition) is 5. The van der Waals surface area contributed by atoms with Crippen LogP contribution in [0.15, 0.2) is 46.2 Å². The van der Waals surface area contributed by atoms with Crippen molar-refractivity contribution < 1.29 is 17.9 Å². The van der Waals surface area contributed by atoms with E-state index in [1.165, 1.54) is 23.9 Å². The molecule has 0 radical (unpaired) electrons. The van der Waals surface area contributed by atoms with Gasteiger partial charge in [0.25, 0.3) is 0 Å². The van der Waals surface area contributed by atoms with Crippen molar-refractivity contribution >= 4 is 28.8 Å². The largest absolute Gasteiger partial charge is 0.416 e. The van der Waals surface area contributed by atoms with E-state index >= 15 is 0 Å². The van der Waals surface area contributed by atoms with E-state index in [-0.39, 0.29) is 6.04 Å². The molecule has 0 amide bonds. The minimum atomic E-state index is -4.39. The molecule has 0 saturated carbocycles. The summed E-state index contributed by atoms with van der Waals surface area (Å²) in [5.74, 6) is 0. The van der Waals surface area contributed by atoms with Crippen LogP contribution in [0.5, 0.6) is 0 Å². The first kappa shape index (κ1) is 17.5. The van der Waals surface area contributed by atoms with Gasteiger partial charge in [0.05, 0.1) is 35.8 Å². The zero-order valence-corrected chi connectivity index (χ0v) is 14.6. The molecular weight excluding hydrogens is 363 g/mol. The van der Waals surface area contributed by atoms with Gasteiger partial charge in [0.1, 0.15) is 0 Å². The first-order valence-electron chi connectivity index (χ1n) is 8.35. The van der Waals surface area contributed by atoms with Crippen molar-refractivity contribution in [2.24, 2.45) is 0 Å². The number of rotatable bonds is 3. The van der Waals surface area contributed by atoms with Crippen LogP contribution in [0.25, 0.3) is 0 Å². The van der Waals surface area contributed by atoms with Crippen molar-refractivity contribution in [3.05, 3.63) is 42.0 Å². The van der Waals surface area contributed by atoms with Crippen molar-refractivity contribution in [2.75, 3.05) is 36.9 Å². The maximum atomic E-state index is 13.3. The minimum absolute atomic E-state index is 0.0671. The number of anilines is 3. The lowest BCUT2D eigenvalue weighted by Gasteiger charge is -2.28. The summed E-state index contributed by atoms with van der Waals surface area (Å²) in [5.41, 5.74) is 1.37. The smallest absolute Gasteiger partial charge is 0.382 e. The molecule has 2 heterocycles. The average Bonchev–Trinajstić information content (AvgIpc) is 2.64. The molecule has 3 N–H and O–H groups in total. The Labute approximate surface area is 153 Å². The highest BCUT2D eigenvalue weighted by Crippen LogP contribution is 2.49. The van der Waals surface area contributed by atoms with E-state index in [0.717, 1.165) is 17.1 Å². The zero-order chi connectivity index (χ0) is 18.1. The number of morpholine rings is 1. The maximum absolute atomic E-state index is 13.3. The molecule has 4 rings (SSSR count). The van der Waals surface area contributed by atoms with Crippen molar-refractivity contribution in [1.29, 1.82) is 0 Å². The van der Waals surface area contributed by atoms with Crippen molar-refractivity contribution in [1.82, 2.24) is 5.32 Å². The van der Waals surface area contributed by atoms with Crippen LogP contribution in [-0.4, -0.2) is 32.3 Å². The second kappa shape index (κ2) is 7.02. The molecule has 0 aromatic heterocycles. The van der Waals surface area contributed by atoms with Gasteiger partial charge in [-0.05, 0) is 24.3 Å². The Morgan fingerprint density at radius 2 is 2.04 bits per heavy atom. The topological polar surface area (TPSA) is 45.3 Å². The predicted octanol–water partition coefficient (Wildman–Crippen LogP) is 4.31. The lowest BCUT2D eigenvalue weighted by molar-refractivity contribution is -0.137. The van der Waals surface area contributed by atoms with Gasteiger partial charge >= 0.3 is 6.18 Å². The first-order valence-corrected chi connectivity index (χ1v) is 9.16. The van der Waals surface area contributed by atoms with Crippen LogP contribution in [0.3, 0.4) is 0 Å². The average molecular weight is 381 g/mol. The van der Waals surface area contributed by atoms with E-state index in [1.54, 1.807) is 0 Å². The second-order valence-electron chi connectivity index (χ2n) is 6.22. The molecule has 26 heavy (non-hydrogen) atoms. The lowest BCUT2D eigenvalue weighted by atomic mass is 10.1. The number of para-hydroxylation sites is 1. The number of nitrogens with one attached hydrogen (secondary N) is 3. The van der Waals surface area contributed by atoms with Crippen LogP contribution in [0.2, 0.25) is 0 Å². The fraction of sp³-hybridized carbons (Fsp3) is 0.333. The minimum Gasteiger partial charge on any atom is -0.382 e. The SMILES string of the molecule is FC(F)(F)c1cc(NC[C@@H]2COCCN2)c2c(c1)Sc1ccccc1N2. The molecule has 1 atom stereocenters. The summed E-state index contributed by atoms with van der Waals surface area (Å²) in [6, 6.07) is 10.0. The molecule has 0 bridgehead atoms. The predicted molar refractivity (Wildman–Crippen MR) is 96.4 cm³/mol. The Bertz CT molecular complexity index is 807. The highest BCUT2D eigenvalue weighted by Gasteiger charge is 2.33. The summed E-state index contributed by atoms with van der Waals surface area (Å²) < 4.78 is 45.4. The Kier molecular flexibility index (Phi) is 4.73. The molecule has 2 aliphatic rings. The molecule has 0 unspecified atom stereocenters. The number of fused-ring (bicyclic) bond motifs is 2. The van der Waals surface area contributed by atoms with E-state index in [1.807, 2.05) is 24.3 Å². The van der Waals surface area contributed by atoms with E-state index in [2.05, 4.69) is 16.0 Å². The van der Waals surface area contributed by atoms with Crippen molar-refractivity contribution in [3.63, 3.8) is 0 Å². The standard InChI is InChI=1S/C18H18F3N3OS/c19-18(20,21)11-7-14(23-9-12-10-25-6-5-22-12)17-16(8-11)26-15-4-2-1-3-13(15)24-17/h1-4,7-8,12,22-24H,5-6,9-10H2/t12-/m1/s1. The van der Waals surface area contributed by atoms with Gasteiger partial charge in [-0.2, -0.15) is 13.2 Å². The van der Waals surface area contributed by atoms with Gasteiger partial charge in [-0.25, -0.2) is 0 Å². The number of hydrogen-bond donors (Lipinski definition) is 3. The summed E-state index contributed by atoms with van der Waals surface area (Å²) in [7, 11) is 0. The molecule has 4 nitrogen and oxygen atoms in total. The van der Waals surface area contributed by atoms with Crippen LogP contribution in [0.4, 0.5) is 30.2 Å².